The first-order valence-corrected chi connectivity index (χ1v) is 14.1. The number of alkyl halides is 3. The lowest BCUT2D eigenvalue weighted by Crippen LogP contribution is -2.53. The van der Waals surface area contributed by atoms with Crippen molar-refractivity contribution in [2.24, 2.45) is 0 Å². The van der Waals surface area contributed by atoms with E-state index in [9.17, 15) is 32.7 Å². The fourth-order valence-electron chi connectivity index (χ4n) is 5.48. The van der Waals surface area contributed by atoms with Gasteiger partial charge in [0.15, 0.2) is 11.6 Å². The number of anilines is 1. The molecule has 2 fully saturated rings. The van der Waals surface area contributed by atoms with Crippen molar-refractivity contribution in [1.29, 1.82) is 0 Å². The second-order valence-electron chi connectivity index (χ2n) is 10.8. The average Bonchev–Trinajstić information content (AvgIpc) is 3.78. The first kappa shape index (κ1) is 31.4. The number of hydrogen-bond donors (Lipinski definition) is 2. The van der Waals surface area contributed by atoms with Crippen LogP contribution in [0.1, 0.15) is 41.7 Å². The van der Waals surface area contributed by atoms with Crippen molar-refractivity contribution in [3.63, 3.8) is 0 Å². The summed E-state index contributed by atoms with van der Waals surface area (Å²) >= 11 is 6.09. The molecule has 1 saturated heterocycles. The summed E-state index contributed by atoms with van der Waals surface area (Å²) in [4.78, 5) is 41.6. The van der Waals surface area contributed by atoms with Crippen molar-refractivity contribution < 1.29 is 41.7 Å². The standard InChI is InChI=1S/C29H29ClF4N4O6/c1-15-12-37(8-7-36(15)14-23(39)40)25-22(31)10-19-24(27(25)43-2)38(17-4-5-17)13-20(26(19)41)28(42)35-11-16-3-6-18(9-21(16)30)44-29(32,33)34/h3,6,9-10,13,15,17H,4-5,7-8,11-12,14H2,1-2H3,(H,35,42)(H,39,40). The van der Waals surface area contributed by atoms with Crippen LogP contribution in [-0.2, 0) is 11.3 Å². The number of nitrogens with zero attached hydrogens (tertiary/aromatic N) is 3. The predicted octanol–water partition coefficient (Wildman–Crippen LogP) is 4.56. The molecule has 1 amide bonds. The Morgan fingerprint density at radius 3 is 2.50 bits per heavy atom. The molecule has 2 heterocycles. The number of amides is 1. The molecule has 1 unspecified atom stereocenters. The van der Waals surface area contributed by atoms with Crippen molar-refractivity contribution in [2.45, 2.75) is 44.8 Å². The van der Waals surface area contributed by atoms with E-state index in [-0.39, 0.29) is 58.1 Å². The molecule has 5 rings (SSSR count). The molecule has 2 aromatic carbocycles. The number of nitrogens with one attached hydrogen (secondary N) is 1. The summed E-state index contributed by atoms with van der Waals surface area (Å²) in [7, 11) is 1.37. The Labute approximate surface area is 253 Å². The molecule has 1 saturated carbocycles. The molecule has 2 N–H and O–H groups in total. The lowest BCUT2D eigenvalue weighted by Gasteiger charge is -2.40. The van der Waals surface area contributed by atoms with E-state index in [2.05, 4.69) is 10.1 Å². The van der Waals surface area contributed by atoms with Crippen molar-refractivity contribution in [1.82, 2.24) is 14.8 Å². The summed E-state index contributed by atoms with van der Waals surface area (Å²) in [6.07, 6.45) is -1.95. The summed E-state index contributed by atoms with van der Waals surface area (Å²) in [6, 6.07) is 4.12. The van der Waals surface area contributed by atoms with E-state index in [0.717, 1.165) is 31.0 Å². The van der Waals surface area contributed by atoms with Crippen molar-refractivity contribution in [3.05, 3.63) is 62.7 Å². The summed E-state index contributed by atoms with van der Waals surface area (Å²) in [5.74, 6) is -2.83. The van der Waals surface area contributed by atoms with Gasteiger partial charge in [-0.25, -0.2) is 4.39 Å². The first-order valence-electron chi connectivity index (χ1n) is 13.8. The highest BCUT2D eigenvalue weighted by atomic mass is 35.5. The van der Waals surface area contributed by atoms with E-state index in [1.54, 1.807) is 14.4 Å². The van der Waals surface area contributed by atoms with Gasteiger partial charge in [0, 0.05) is 49.5 Å². The van der Waals surface area contributed by atoms with E-state index in [0.29, 0.717) is 25.2 Å². The lowest BCUT2D eigenvalue weighted by atomic mass is 10.1. The van der Waals surface area contributed by atoms with Crippen molar-refractivity contribution in [2.75, 3.05) is 38.2 Å². The smallest absolute Gasteiger partial charge is 0.492 e. The number of pyridine rings is 1. The van der Waals surface area contributed by atoms with Crippen molar-refractivity contribution >= 4 is 40.1 Å². The molecule has 1 aliphatic heterocycles. The van der Waals surface area contributed by atoms with E-state index >= 15 is 4.39 Å². The fourth-order valence-corrected chi connectivity index (χ4v) is 5.72. The van der Waals surface area contributed by atoms with Gasteiger partial charge in [0.2, 0.25) is 5.43 Å². The van der Waals surface area contributed by atoms with Crippen LogP contribution in [0.2, 0.25) is 5.02 Å². The molecule has 44 heavy (non-hydrogen) atoms. The maximum absolute atomic E-state index is 15.8. The number of ether oxygens (including phenoxy) is 2. The van der Waals surface area contributed by atoms with Crippen LogP contribution in [0.3, 0.4) is 0 Å². The zero-order valence-corrected chi connectivity index (χ0v) is 24.5. The van der Waals surface area contributed by atoms with E-state index in [4.69, 9.17) is 16.3 Å². The zero-order chi connectivity index (χ0) is 31.9. The van der Waals surface area contributed by atoms with Crippen LogP contribution < -0.4 is 25.1 Å². The third kappa shape index (κ3) is 6.55. The van der Waals surface area contributed by atoms with Gasteiger partial charge in [0.1, 0.15) is 17.0 Å². The summed E-state index contributed by atoms with van der Waals surface area (Å²) in [5, 5.41) is 11.6. The molecule has 2 aliphatic rings. The van der Waals surface area contributed by atoms with Gasteiger partial charge in [0.05, 0.1) is 24.6 Å². The number of benzene rings is 2. The highest BCUT2D eigenvalue weighted by Gasteiger charge is 2.34. The highest BCUT2D eigenvalue weighted by molar-refractivity contribution is 6.31. The largest absolute Gasteiger partial charge is 0.573 e. The number of fused-ring (bicyclic) bond motifs is 1. The fraction of sp³-hybridized carbons (Fsp3) is 0.414. The van der Waals surface area contributed by atoms with Gasteiger partial charge in [-0.3, -0.25) is 19.3 Å². The van der Waals surface area contributed by atoms with Gasteiger partial charge in [0.25, 0.3) is 5.91 Å². The van der Waals surface area contributed by atoms with E-state index < -0.39 is 35.2 Å². The third-order valence-corrected chi connectivity index (χ3v) is 8.06. The Balaban J connectivity index is 1.46. The van der Waals surface area contributed by atoms with E-state index in [1.165, 1.54) is 19.4 Å². The normalized spacial score (nSPS) is 17.5. The second kappa shape index (κ2) is 12.2. The van der Waals surface area contributed by atoms with Crippen molar-refractivity contribution in [3.8, 4) is 11.5 Å². The number of halogens is 5. The van der Waals surface area contributed by atoms with Gasteiger partial charge in [-0.15, -0.1) is 13.2 Å². The van der Waals surface area contributed by atoms with Gasteiger partial charge in [-0.2, -0.15) is 0 Å². The number of hydrogen-bond acceptors (Lipinski definition) is 7. The molecule has 1 aromatic heterocycles. The van der Waals surface area contributed by atoms with E-state index in [1.807, 2.05) is 6.92 Å². The van der Waals surface area contributed by atoms with Gasteiger partial charge in [-0.1, -0.05) is 17.7 Å². The number of aliphatic carboxylic acids is 1. The number of methoxy groups -OCH3 is 1. The Morgan fingerprint density at radius 1 is 1.18 bits per heavy atom. The molecule has 1 aliphatic carbocycles. The molecule has 1 atom stereocenters. The van der Waals surface area contributed by atoms with Gasteiger partial charge >= 0.3 is 12.3 Å². The minimum absolute atomic E-state index is 0.0492. The quantitative estimate of drug-likeness (QED) is 0.328. The molecular formula is C29H29ClF4N4O6. The van der Waals surface area contributed by atoms with Crippen LogP contribution in [0, 0.1) is 5.82 Å². The number of carbonyl (C=O) groups is 2. The second-order valence-corrected chi connectivity index (χ2v) is 11.2. The average molecular weight is 641 g/mol. The molecule has 3 aromatic rings. The Bertz CT molecular complexity index is 1680. The highest BCUT2D eigenvalue weighted by Crippen LogP contribution is 2.44. The number of carboxylic acid groups (broad SMARTS) is 1. The molecule has 0 radical (unpaired) electrons. The van der Waals surface area contributed by atoms with Gasteiger partial charge in [-0.05, 0) is 43.5 Å². The summed E-state index contributed by atoms with van der Waals surface area (Å²) in [5.41, 5.74) is -0.189. The SMILES string of the molecule is COc1c(N2CCN(CC(=O)O)C(C)C2)c(F)cc2c(=O)c(C(=O)NCc3ccc(OC(F)(F)F)cc3Cl)cn(C3CC3)c12. The zero-order valence-electron chi connectivity index (χ0n) is 23.7. The summed E-state index contributed by atoms with van der Waals surface area (Å²) < 4.78 is 64.6. The predicted molar refractivity (Wildman–Crippen MR) is 153 cm³/mol. The third-order valence-electron chi connectivity index (χ3n) is 7.70. The number of carbonyl (C=O) groups excluding carboxylic acids is 1. The molecule has 0 bridgehead atoms. The molecule has 236 valence electrons. The van der Waals surface area contributed by atoms with Crippen LogP contribution >= 0.6 is 11.6 Å². The minimum Gasteiger partial charge on any atom is -0.492 e. The number of rotatable bonds is 9. The van der Waals surface area contributed by atoms with Crippen LogP contribution in [0.4, 0.5) is 23.2 Å². The van der Waals surface area contributed by atoms with Crippen LogP contribution in [0.25, 0.3) is 10.9 Å². The maximum atomic E-state index is 15.8. The maximum Gasteiger partial charge on any atom is 0.573 e. The Hall–Kier alpha value is -4.04. The number of carboxylic acids is 1. The molecule has 10 nitrogen and oxygen atoms in total. The van der Waals surface area contributed by atoms with Crippen LogP contribution in [0.5, 0.6) is 11.5 Å². The van der Waals surface area contributed by atoms with Gasteiger partial charge < -0.3 is 29.4 Å². The molecular weight excluding hydrogens is 612 g/mol. The minimum atomic E-state index is -4.89. The number of piperazine rings is 1. The monoisotopic (exact) mass is 640 g/mol. The Morgan fingerprint density at radius 2 is 1.91 bits per heavy atom. The van der Waals surface area contributed by atoms with Crippen LogP contribution in [-0.4, -0.2) is 72.1 Å². The lowest BCUT2D eigenvalue weighted by molar-refractivity contribution is -0.274. The van der Waals surface area contributed by atoms with Crippen LogP contribution in [0.15, 0.2) is 35.3 Å². The molecule has 15 heteroatoms. The first-order chi connectivity index (χ1) is 20.8. The number of aromatic nitrogens is 1. The Kier molecular flexibility index (Phi) is 8.67. The molecule has 0 spiro atoms. The summed E-state index contributed by atoms with van der Waals surface area (Å²) in [6.45, 7) is 2.55. The topological polar surface area (TPSA) is 113 Å².